The molecule has 0 aliphatic heterocycles. The lowest BCUT2D eigenvalue weighted by atomic mass is 10.1. The molecule has 0 aliphatic carbocycles. The molecular formula is C17H31. The van der Waals surface area contributed by atoms with Gasteiger partial charge in [0.15, 0.2) is 0 Å². The molecule has 99 valence electrons. The minimum Gasteiger partial charge on any atom is -0.0917 e. The molecule has 0 rings (SSSR count). The van der Waals surface area contributed by atoms with Crippen molar-refractivity contribution in [1.29, 1.82) is 0 Å². The van der Waals surface area contributed by atoms with Crippen LogP contribution in [0.1, 0.15) is 77.6 Å². The van der Waals surface area contributed by atoms with Gasteiger partial charge in [0.25, 0.3) is 0 Å². The molecule has 0 aliphatic rings. The first-order chi connectivity index (χ1) is 8.41. The SMILES string of the molecule is [CH2]CCC=CCCCCCCCCCC=CC. The van der Waals surface area contributed by atoms with Gasteiger partial charge in [-0.05, 0) is 45.4 Å². The maximum atomic E-state index is 3.82. The van der Waals surface area contributed by atoms with E-state index in [4.69, 9.17) is 0 Å². The van der Waals surface area contributed by atoms with E-state index in [0.717, 1.165) is 12.8 Å². The summed E-state index contributed by atoms with van der Waals surface area (Å²) in [7, 11) is 0. The molecule has 0 unspecified atom stereocenters. The van der Waals surface area contributed by atoms with Gasteiger partial charge >= 0.3 is 0 Å². The highest BCUT2D eigenvalue weighted by molar-refractivity contribution is 4.81. The molecule has 0 spiro atoms. The maximum Gasteiger partial charge on any atom is -0.0351 e. The van der Waals surface area contributed by atoms with Gasteiger partial charge in [0.2, 0.25) is 0 Å². The minimum absolute atomic E-state index is 1.03. The summed E-state index contributed by atoms with van der Waals surface area (Å²) in [5, 5.41) is 0. The van der Waals surface area contributed by atoms with Gasteiger partial charge in [0.05, 0.1) is 0 Å². The molecule has 0 amide bonds. The number of allylic oxidation sites excluding steroid dienone is 4. The van der Waals surface area contributed by atoms with Crippen molar-refractivity contribution in [3.05, 3.63) is 31.2 Å². The molecule has 0 N–H and O–H groups in total. The van der Waals surface area contributed by atoms with Gasteiger partial charge in [-0.1, -0.05) is 63.3 Å². The normalized spacial score (nSPS) is 11.9. The molecule has 0 atom stereocenters. The Labute approximate surface area is 109 Å². The van der Waals surface area contributed by atoms with Crippen molar-refractivity contribution in [2.24, 2.45) is 0 Å². The van der Waals surface area contributed by atoms with Crippen molar-refractivity contribution in [2.45, 2.75) is 77.6 Å². The predicted octanol–water partition coefficient (Wildman–Crippen LogP) is 6.24. The fraction of sp³-hybridized carbons (Fsp3) is 0.706. The van der Waals surface area contributed by atoms with Crippen molar-refractivity contribution in [2.75, 3.05) is 0 Å². The first-order valence-corrected chi connectivity index (χ1v) is 7.47. The zero-order valence-corrected chi connectivity index (χ0v) is 11.8. The average Bonchev–Trinajstić information content (AvgIpc) is 2.35. The second-order valence-electron chi connectivity index (χ2n) is 4.73. The first kappa shape index (κ1) is 16.5. The molecule has 0 aromatic rings. The Morgan fingerprint density at radius 2 is 1.12 bits per heavy atom. The summed E-state index contributed by atoms with van der Waals surface area (Å²) in [5.41, 5.74) is 0. The third kappa shape index (κ3) is 15.5. The molecule has 0 bridgehead atoms. The van der Waals surface area contributed by atoms with Crippen molar-refractivity contribution in [3.63, 3.8) is 0 Å². The molecule has 0 heterocycles. The number of hydrogen-bond donors (Lipinski definition) is 0. The standard InChI is InChI=1S/C17H31/c1-3-5-7-9-11-13-15-17-16-14-12-10-8-6-4-2/h4,6-7,9H,1,3,5,8,10-17H2,2H3. The van der Waals surface area contributed by atoms with E-state index in [1.807, 2.05) is 0 Å². The van der Waals surface area contributed by atoms with Crippen molar-refractivity contribution in [3.8, 4) is 0 Å². The molecule has 0 fully saturated rings. The molecule has 0 saturated carbocycles. The summed E-state index contributed by atoms with van der Waals surface area (Å²) in [6.45, 7) is 5.93. The summed E-state index contributed by atoms with van der Waals surface area (Å²) in [6, 6.07) is 0. The summed E-state index contributed by atoms with van der Waals surface area (Å²) >= 11 is 0. The minimum atomic E-state index is 1.03. The lowest BCUT2D eigenvalue weighted by molar-refractivity contribution is 0.583. The monoisotopic (exact) mass is 235 g/mol. The molecule has 17 heavy (non-hydrogen) atoms. The van der Waals surface area contributed by atoms with Crippen LogP contribution in [0.4, 0.5) is 0 Å². The van der Waals surface area contributed by atoms with Crippen LogP contribution < -0.4 is 0 Å². The highest BCUT2D eigenvalue weighted by atomic mass is 14.0. The smallest absolute Gasteiger partial charge is 0.0351 e. The van der Waals surface area contributed by atoms with Crippen molar-refractivity contribution >= 4 is 0 Å². The average molecular weight is 235 g/mol. The molecule has 0 aromatic heterocycles. The maximum absolute atomic E-state index is 3.82. The van der Waals surface area contributed by atoms with E-state index < -0.39 is 0 Å². The zero-order chi connectivity index (χ0) is 12.6. The second kappa shape index (κ2) is 15.5. The van der Waals surface area contributed by atoms with Crippen LogP contribution in [0.25, 0.3) is 0 Å². The van der Waals surface area contributed by atoms with E-state index in [0.29, 0.717) is 0 Å². The fourth-order valence-electron chi connectivity index (χ4n) is 1.93. The van der Waals surface area contributed by atoms with Crippen LogP contribution in [0.2, 0.25) is 0 Å². The van der Waals surface area contributed by atoms with E-state index in [9.17, 15) is 0 Å². The van der Waals surface area contributed by atoms with Crippen molar-refractivity contribution < 1.29 is 0 Å². The highest BCUT2D eigenvalue weighted by Gasteiger charge is 1.90. The number of rotatable bonds is 12. The van der Waals surface area contributed by atoms with Gasteiger partial charge in [-0.25, -0.2) is 0 Å². The summed E-state index contributed by atoms with van der Waals surface area (Å²) in [5.74, 6) is 0. The van der Waals surface area contributed by atoms with Crippen LogP contribution in [0.3, 0.4) is 0 Å². The van der Waals surface area contributed by atoms with Gasteiger partial charge in [-0.2, -0.15) is 0 Å². The Hall–Kier alpha value is -0.520. The lowest BCUT2D eigenvalue weighted by Crippen LogP contribution is -1.80. The van der Waals surface area contributed by atoms with Gasteiger partial charge in [0.1, 0.15) is 0 Å². The van der Waals surface area contributed by atoms with E-state index in [1.165, 1.54) is 57.8 Å². The van der Waals surface area contributed by atoms with Crippen LogP contribution >= 0.6 is 0 Å². The Bertz CT molecular complexity index is 176. The van der Waals surface area contributed by atoms with E-state index in [-0.39, 0.29) is 0 Å². The Kier molecular flexibility index (Phi) is 15.0. The van der Waals surface area contributed by atoms with Crippen molar-refractivity contribution in [1.82, 2.24) is 0 Å². The Morgan fingerprint density at radius 3 is 1.65 bits per heavy atom. The van der Waals surface area contributed by atoms with Gasteiger partial charge in [0, 0.05) is 0 Å². The van der Waals surface area contributed by atoms with Crippen LogP contribution in [-0.4, -0.2) is 0 Å². The third-order valence-corrected chi connectivity index (χ3v) is 3.01. The summed E-state index contributed by atoms with van der Waals surface area (Å²) in [4.78, 5) is 0. The quantitative estimate of drug-likeness (QED) is 0.277. The summed E-state index contributed by atoms with van der Waals surface area (Å²) in [6.07, 6.45) is 23.6. The van der Waals surface area contributed by atoms with Crippen LogP contribution in [0, 0.1) is 6.92 Å². The summed E-state index contributed by atoms with van der Waals surface area (Å²) < 4.78 is 0. The molecule has 1 radical (unpaired) electrons. The Balaban J connectivity index is 2.98. The highest BCUT2D eigenvalue weighted by Crippen LogP contribution is 2.10. The van der Waals surface area contributed by atoms with E-state index >= 15 is 0 Å². The number of hydrogen-bond acceptors (Lipinski definition) is 0. The van der Waals surface area contributed by atoms with Crippen LogP contribution in [0.15, 0.2) is 24.3 Å². The Morgan fingerprint density at radius 1 is 0.647 bits per heavy atom. The van der Waals surface area contributed by atoms with E-state index in [2.05, 4.69) is 38.2 Å². The molecule has 0 nitrogen and oxygen atoms in total. The van der Waals surface area contributed by atoms with E-state index in [1.54, 1.807) is 0 Å². The molecule has 0 aromatic carbocycles. The van der Waals surface area contributed by atoms with Crippen LogP contribution in [-0.2, 0) is 0 Å². The second-order valence-corrected chi connectivity index (χ2v) is 4.73. The van der Waals surface area contributed by atoms with Gasteiger partial charge < -0.3 is 0 Å². The van der Waals surface area contributed by atoms with Crippen LogP contribution in [0.5, 0.6) is 0 Å². The van der Waals surface area contributed by atoms with Gasteiger partial charge in [-0.15, -0.1) is 0 Å². The zero-order valence-electron chi connectivity index (χ0n) is 11.8. The number of unbranched alkanes of at least 4 members (excludes halogenated alkanes) is 9. The fourth-order valence-corrected chi connectivity index (χ4v) is 1.93. The largest absolute Gasteiger partial charge is 0.0917 e. The third-order valence-electron chi connectivity index (χ3n) is 3.01. The topological polar surface area (TPSA) is 0 Å². The predicted molar refractivity (Wildman–Crippen MR) is 80.1 cm³/mol. The van der Waals surface area contributed by atoms with Gasteiger partial charge in [-0.3, -0.25) is 0 Å². The lowest BCUT2D eigenvalue weighted by Gasteiger charge is -2.00. The first-order valence-electron chi connectivity index (χ1n) is 7.47. The molecular weight excluding hydrogens is 204 g/mol. The molecule has 0 heteroatoms. The molecule has 0 saturated heterocycles.